The Bertz CT molecular complexity index is 715. The van der Waals surface area contributed by atoms with Gasteiger partial charge in [-0.1, -0.05) is 24.3 Å². The molecule has 0 aromatic heterocycles. The maximum atomic E-state index is 12.1. The van der Waals surface area contributed by atoms with Crippen LogP contribution in [0.25, 0.3) is 0 Å². The number of benzene rings is 2. The molecule has 2 aromatic rings. The molecule has 5 nitrogen and oxygen atoms in total. The van der Waals surface area contributed by atoms with Crippen molar-refractivity contribution in [3.05, 3.63) is 53.1 Å². The number of carbonyl (C=O) groups excluding carboxylic acids is 1. The number of hydrogen-bond acceptors (Lipinski definition) is 4. The fourth-order valence-electron chi connectivity index (χ4n) is 2.67. The number of carbonyl (C=O) groups is 1. The van der Waals surface area contributed by atoms with Crippen molar-refractivity contribution in [1.82, 2.24) is 5.32 Å². The predicted molar refractivity (Wildman–Crippen MR) is 108 cm³/mol. The van der Waals surface area contributed by atoms with Crippen LogP contribution in [-0.2, 0) is 11.2 Å². The third kappa shape index (κ3) is 5.93. The lowest BCUT2D eigenvalue weighted by Crippen LogP contribution is -2.30. The Morgan fingerprint density at radius 2 is 1.65 bits per heavy atom. The van der Waals surface area contributed by atoms with Crippen LogP contribution in [0, 0.1) is 13.8 Å². The number of hydrogen-bond donors (Lipinski definition) is 2. The lowest BCUT2D eigenvalue weighted by Gasteiger charge is -2.12. The maximum Gasteiger partial charge on any atom is 0.238 e. The molecule has 2 N–H and O–H groups in total. The van der Waals surface area contributed by atoms with Crippen molar-refractivity contribution in [1.29, 1.82) is 0 Å². The molecule has 0 saturated heterocycles. The smallest absolute Gasteiger partial charge is 0.238 e. The molecule has 0 aliphatic rings. The van der Waals surface area contributed by atoms with Crippen LogP contribution in [0.5, 0.6) is 11.5 Å². The normalized spacial score (nSPS) is 10.0. The van der Waals surface area contributed by atoms with Crippen molar-refractivity contribution < 1.29 is 14.3 Å². The largest absolute Gasteiger partial charge is 0.493 e. The molecule has 0 spiro atoms. The average molecular weight is 379 g/mol. The van der Waals surface area contributed by atoms with E-state index in [-0.39, 0.29) is 24.9 Å². The Balaban J connectivity index is 0.00000338. The number of anilines is 1. The second kappa shape index (κ2) is 10.7. The minimum absolute atomic E-state index is 0. The van der Waals surface area contributed by atoms with Gasteiger partial charge in [-0.2, -0.15) is 0 Å². The van der Waals surface area contributed by atoms with Crippen LogP contribution in [0.15, 0.2) is 36.4 Å². The van der Waals surface area contributed by atoms with E-state index in [1.807, 2.05) is 50.2 Å². The lowest BCUT2D eigenvalue weighted by atomic mass is 10.1. The highest BCUT2D eigenvalue weighted by molar-refractivity contribution is 5.93. The molecule has 0 bridgehead atoms. The van der Waals surface area contributed by atoms with Crippen molar-refractivity contribution in [2.24, 2.45) is 0 Å². The molecular formula is C20H27ClN2O3. The number of rotatable bonds is 8. The number of ether oxygens (including phenoxy) is 2. The van der Waals surface area contributed by atoms with Crippen LogP contribution in [0.3, 0.4) is 0 Å². The standard InChI is InChI=1S/C20H26N2O3.ClH/c1-14-6-5-7-15(2)20(14)22-19(23)13-21-11-10-16-8-9-17(24-3)18(12-16)25-4;/h5-9,12,21H,10-11,13H2,1-4H3,(H,22,23);1H. The Hall–Kier alpha value is -2.24. The van der Waals surface area contributed by atoms with Crippen molar-refractivity contribution in [2.45, 2.75) is 20.3 Å². The topological polar surface area (TPSA) is 59.6 Å². The van der Waals surface area contributed by atoms with E-state index >= 15 is 0 Å². The summed E-state index contributed by atoms with van der Waals surface area (Å²) in [5, 5.41) is 6.15. The van der Waals surface area contributed by atoms with Gasteiger partial charge in [-0.05, 0) is 55.6 Å². The van der Waals surface area contributed by atoms with Gasteiger partial charge in [-0.15, -0.1) is 12.4 Å². The monoisotopic (exact) mass is 378 g/mol. The summed E-state index contributed by atoms with van der Waals surface area (Å²) in [6, 6.07) is 11.8. The molecule has 142 valence electrons. The van der Waals surface area contributed by atoms with Crippen LogP contribution in [0.4, 0.5) is 5.69 Å². The zero-order valence-electron chi connectivity index (χ0n) is 15.7. The number of nitrogens with one attached hydrogen (secondary N) is 2. The van der Waals surface area contributed by atoms with E-state index in [1.54, 1.807) is 14.2 Å². The highest BCUT2D eigenvalue weighted by atomic mass is 35.5. The number of para-hydroxylation sites is 1. The van der Waals surface area contributed by atoms with E-state index in [9.17, 15) is 4.79 Å². The summed E-state index contributed by atoms with van der Waals surface area (Å²) in [5.74, 6) is 1.39. The van der Waals surface area contributed by atoms with Gasteiger partial charge in [0, 0.05) is 5.69 Å². The molecule has 2 rings (SSSR count). The molecule has 0 heterocycles. The van der Waals surface area contributed by atoms with Gasteiger partial charge >= 0.3 is 0 Å². The minimum atomic E-state index is -0.0373. The maximum absolute atomic E-state index is 12.1. The van der Waals surface area contributed by atoms with Crippen molar-refractivity contribution in [2.75, 3.05) is 32.6 Å². The molecule has 0 atom stereocenters. The number of halogens is 1. The summed E-state index contributed by atoms with van der Waals surface area (Å²) in [5.41, 5.74) is 4.16. The Kier molecular flexibility index (Phi) is 8.96. The first-order valence-electron chi connectivity index (χ1n) is 8.33. The summed E-state index contributed by atoms with van der Waals surface area (Å²) in [4.78, 5) is 12.1. The fraction of sp³-hybridized carbons (Fsp3) is 0.350. The molecule has 6 heteroatoms. The predicted octanol–water partition coefficient (Wildman–Crippen LogP) is 3.51. The summed E-state index contributed by atoms with van der Waals surface area (Å²) >= 11 is 0. The summed E-state index contributed by atoms with van der Waals surface area (Å²) in [7, 11) is 3.24. The number of amides is 1. The minimum Gasteiger partial charge on any atom is -0.493 e. The third-order valence-corrected chi connectivity index (χ3v) is 4.07. The first kappa shape index (κ1) is 21.8. The number of methoxy groups -OCH3 is 2. The molecule has 1 amide bonds. The number of aryl methyl sites for hydroxylation is 2. The molecule has 0 aliphatic carbocycles. The van der Waals surface area contributed by atoms with Gasteiger partial charge in [0.15, 0.2) is 11.5 Å². The van der Waals surface area contributed by atoms with E-state index in [4.69, 9.17) is 9.47 Å². The Morgan fingerprint density at radius 1 is 1.00 bits per heavy atom. The van der Waals surface area contributed by atoms with Gasteiger partial charge in [0.25, 0.3) is 0 Å². The Labute approximate surface area is 161 Å². The van der Waals surface area contributed by atoms with Crippen LogP contribution in [0.1, 0.15) is 16.7 Å². The molecule has 2 aromatic carbocycles. The highest BCUT2D eigenvalue weighted by Crippen LogP contribution is 2.27. The SMILES string of the molecule is COc1ccc(CCNCC(=O)Nc2c(C)cccc2C)cc1OC.Cl. The van der Waals surface area contributed by atoms with Gasteiger partial charge in [-0.3, -0.25) is 4.79 Å². The van der Waals surface area contributed by atoms with Gasteiger partial charge in [-0.25, -0.2) is 0 Å². The summed E-state index contributed by atoms with van der Waals surface area (Å²) < 4.78 is 10.5. The second-order valence-corrected chi connectivity index (χ2v) is 5.93. The third-order valence-electron chi connectivity index (χ3n) is 4.07. The van der Waals surface area contributed by atoms with Gasteiger partial charge in [0.1, 0.15) is 0 Å². The van der Waals surface area contributed by atoms with Crippen LogP contribution >= 0.6 is 12.4 Å². The highest BCUT2D eigenvalue weighted by Gasteiger charge is 2.07. The van der Waals surface area contributed by atoms with Crippen molar-refractivity contribution in [3.8, 4) is 11.5 Å². The van der Waals surface area contributed by atoms with Gasteiger partial charge < -0.3 is 20.1 Å². The zero-order valence-corrected chi connectivity index (χ0v) is 16.5. The van der Waals surface area contributed by atoms with Crippen molar-refractivity contribution in [3.63, 3.8) is 0 Å². The van der Waals surface area contributed by atoms with Crippen LogP contribution < -0.4 is 20.1 Å². The Morgan fingerprint density at radius 3 is 2.27 bits per heavy atom. The lowest BCUT2D eigenvalue weighted by molar-refractivity contribution is -0.115. The van der Waals surface area contributed by atoms with E-state index in [1.165, 1.54) is 0 Å². The van der Waals surface area contributed by atoms with E-state index in [0.29, 0.717) is 18.0 Å². The first-order valence-corrected chi connectivity index (χ1v) is 8.33. The van der Waals surface area contributed by atoms with Crippen LogP contribution in [0.2, 0.25) is 0 Å². The molecule has 0 fully saturated rings. The summed E-state index contributed by atoms with van der Waals surface area (Å²) in [6.45, 7) is 4.97. The first-order chi connectivity index (χ1) is 12.0. The molecular weight excluding hydrogens is 352 g/mol. The van der Waals surface area contributed by atoms with Gasteiger partial charge in [0.05, 0.1) is 20.8 Å². The molecule has 0 saturated carbocycles. The van der Waals surface area contributed by atoms with E-state index in [2.05, 4.69) is 10.6 Å². The quantitative estimate of drug-likeness (QED) is 0.690. The van der Waals surface area contributed by atoms with Crippen molar-refractivity contribution >= 4 is 24.0 Å². The average Bonchev–Trinajstić information content (AvgIpc) is 2.61. The van der Waals surface area contributed by atoms with Gasteiger partial charge in [0.2, 0.25) is 5.91 Å². The molecule has 0 radical (unpaired) electrons. The molecule has 0 unspecified atom stereocenters. The van der Waals surface area contributed by atoms with E-state index < -0.39 is 0 Å². The van der Waals surface area contributed by atoms with E-state index in [0.717, 1.165) is 28.8 Å². The molecule has 26 heavy (non-hydrogen) atoms. The second-order valence-electron chi connectivity index (χ2n) is 5.93. The summed E-state index contributed by atoms with van der Waals surface area (Å²) in [6.07, 6.45) is 0.803. The van der Waals surface area contributed by atoms with Crippen LogP contribution in [-0.4, -0.2) is 33.2 Å². The zero-order chi connectivity index (χ0) is 18.2. The molecule has 0 aliphatic heterocycles. The fourth-order valence-corrected chi connectivity index (χ4v) is 2.67.